The van der Waals surface area contributed by atoms with Gasteiger partial charge in [-0.05, 0) is 18.2 Å². The van der Waals surface area contributed by atoms with E-state index in [1.54, 1.807) is 0 Å². The van der Waals surface area contributed by atoms with Crippen LogP contribution in [0.4, 0.5) is 0 Å². The van der Waals surface area contributed by atoms with Crippen molar-refractivity contribution < 1.29 is 10.2 Å². The highest BCUT2D eigenvalue weighted by Gasteiger charge is 1.98. The number of benzene rings is 1. The summed E-state index contributed by atoms with van der Waals surface area (Å²) in [4.78, 5) is 0. The topological polar surface area (TPSA) is 90.9 Å². The minimum absolute atomic E-state index is 0.0241. The molecule has 0 heterocycles. The summed E-state index contributed by atoms with van der Waals surface area (Å²) in [5, 5.41) is 22.1. The van der Waals surface area contributed by atoms with Crippen LogP contribution >= 0.6 is 0 Å². The number of hydrogen-bond acceptors (Lipinski definition) is 5. The molecule has 0 aliphatic carbocycles. The third-order valence-corrected chi connectivity index (χ3v) is 1.42. The maximum Gasteiger partial charge on any atom is 0.124 e. The zero-order valence-electron chi connectivity index (χ0n) is 7.44. The molecular formula is C9H11N3O2. The van der Waals surface area contributed by atoms with Crippen molar-refractivity contribution >= 4 is 6.21 Å². The van der Waals surface area contributed by atoms with Crippen LogP contribution in [-0.2, 0) is 0 Å². The Labute approximate surface area is 81.2 Å². The summed E-state index contributed by atoms with van der Waals surface area (Å²) in [5.74, 6) is 0.271. The summed E-state index contributed by atoms with van der Waals surface area (Å²) >= 11 is 0. The molecular weight excluding hydrogens is 182 g/mol. The van der Waals surface area contributed by atoms with Crippen LogP contribution in [0.1, 0.15) is 5.56 Å². The standard InChI is InChI=1S/C9H11N3O2/c1-6(10)12-11-5-7-4-8(13)2-3-9(7)14/h2-5,12-14H,1,10H2/b11-5+. The minimum Gasteiger partial charge on any atom is -0.508 e. The van der Waals surface area contributed by atoms with Crippen LogP contribution in [0.15, 0.2) is 35.7 Å². The average molecular weight is 193 g/mol. The van der Waals surface area contributed by atoms with Gasteiger partial charge in [0.25, 0.3) is 0 Å². The summed E-state index contributed by atoms with van der Waals surface area (Å²) in [6, 6.07) is 4.12. The van der Waals surface area contributed by atoms with Crippen molar-refractivity contribution in [1.82, 2.24) is 5.43 Å². The third kappa shape index (κ3) is 2.71. The molecule has 74 valence electrons. The SMILES string of the molecule is C=C(N)N/N=C/c1cc(O)ccc1O. The van der Waals surface area contributed by atoms with E-state index in [4.69, 9.17) is 10.8 Å². The number of hydrogen-bond donors (Lipinski definition) is 4. The summed E-state index contributed by atoms with van der Waals surface area (Å²) < 4.78 is 0. The first-order chi connectivity index (χ1) is 6.59. The fraction of sp³-hybridized carbons (Fsp3) is 0. The smallest absolute Gasteiger partial charge is 0.124 e. The molecule has 1 aromatic rings. The van der Waals surface area contributed by atoms with E-state index in [1.165, 1.54) is 24.4 Å². The van der Waals surface area contributed by atoms with Gasteiger partial charge in [-0.15, -0.1) is 0 Å². The highest BCUT2D eigenvalue weighted by molar-refractivity contribution is 5.83. The Morgan fingerprint density at radius 1 is 1.50 bits per heavy atom. The lowest BCUT2D eigenvalue weighted by molar-refractivity contribution is 0.459. The van der Waals surface area contributed by atoms with Crippen LogP contribution in [0.25, 0.3) is 0 Å². The number of nitrogens with two attached hydrogens (primary N) is 1. The summed E-state index contributed by atoms with van der Waals surface area (Å²) in [7, 11) is 0. The third-order valence-electron chi connectivity index (χ3n) is 1.42. The lowest BCUT2D eigenvalue weighted by atomic mass is 10.2. The van der Waals surface area contributed by atoms with Crippen molar-refractivity contribution in [2.75, 3.05) is 0 Å². The molecule has 0 spiro atoms. The summed E-state index contributed by atoms with van der Waals surface area (Å²) in [6.07, 6.45) is 1.33. The van der Waals surface area contributed by atoms with Crippen LogP contribution in [0.2, 0.25) is 0 Å². The van der Waals surface area contributed by atoms with Gasteiger partial charge >= 0.3 is 0 Å². The summed E-state index contributed by atoms with van der Waals surface area (Å²) in [5.41, 5.74) is 7.98. The molecule has 0 amide bonds. The lowest BCUT2D eigenvalue weighted by Gasteiger charge is -1.99. The van der Waals surface area contributed by atoms with Gasteiger partial charge in [-0.25, -0.2) is 0 Å². The van der Waals surface area contributed by atoms with Crippen molar-refractivity contribution in [1.29, 1.82) is 0 Å². The van der Waals surface area contributed by atoms with Crippen LogP contribution in [-0.4, -0.2) is 16.4 Å². The second-order valence-electron chi connectivity index (χ2n) is 2.64. The van der Waals surface area contributed by atoms with E-state index in [0.717, 1.165) is 0 Å². The van der Waals surface area contributed by atoms with Gasteiger partial charge in [-0.2, -0.15) is 5.10 Å². The molecule has 0 aliphatic heterocycles. The van der Waals surface area contributed by atoms with E-state index in [-0.39, 0.29) is 17.3 Å². The van der Waals surface area contributed by atoms with E-state index in [9.17, 15) is 5.11 Å². The van der Waals surface area contributed by atoms with Gasteiger partial charge in [0.2, 0.25) is 0 Å². The first-order valence-corrected chi connectivity index (χ1v) is 3.85. The highest BCUT2D eigenvalue weighted by Crippen LogP contribution is 2.19. The fourth-order valence-electron chi connectivity index (χ4n) is 0.830. The maximum absolute atomic E-state index is 9.32. The zero-order chi connectivity index (χ0) is 10.6. The fourth-order valence-corrected chi connectivity index (χ4v) is 0.830. The number of rotatable bonds is 3. The number of nitrogens with one attached hydrogen (secondary N) is 1. The van der Waals surface area contributed by atoms with Crippen molar-refractivity contribution in [2.45, 2.75) is 0 Å². The number of nitrogens with zero attached hydrogens (tertiary/aromatic N) is 1. The Balaban J connectivity index is 2.80. The number of phenolic OH excluding ortho intramolecular Hbond substituents is 2. The molecule has 5 heteroatoms. The largest absolute Gasteiger partial charge is 0.508 e. The van der Waals surface area contributed by atoms with Gasteiger partial charge in [-0.1, -0.05) is 6.58 Å². The van der Waals surface area contributed by atoms with Gasteiger partial charge in [0.05, 0.1) is 6.21 Å². The molecule has 0 saturated heterocycles. The van der Waals surface area contributed by atoms with Gasteiger partial charge in [0.1, 0.15) is 17.3 Å². The Kier molecular flexibility index (Phi) is 2.96. The molecule has 14 heavy (non-hydrogen) atoms. The van der Waals surface area contributed by atoms with Gasteiger partial charge < -0.3 is 15.9 Å². The quantitative estimate of drug-likeness (QED) is 0.318. The molecule has 5 N–H and O–H groups in total. The van der Waals surface area contributed by atoms with Crippen LogP contribution < -0.4 is 11.2 Å². The van der Waals surface area contributed by atoms with Crippen LogP contribution in [0.3, 0.4) is 0 Å². The van der Waals surface area contributed by atoms with E-state index in [0.29, 0.717) is 5.56 Å². The molecule has 1 aromatic carbocycles. The van der Waals surface area contributed by atoms with E-state index in [2.05, 4.69) is 17.1 Å². The Morgan fingerprint density at radius 2 is 2.21 bits per heavy atom. The molecule has 5 nitrogen and oxygen atoms in total. The Morgan fingerprint density at radius 3 is 2.86 bits per heavy atom. The molecule has 0 fully saturated rings. The van der Waals surface area contributed by atoms with Crippen molar-refractivity contribution in [3.05, 3.63) is 36.2 Å². The predicted octanol–water partition coefficient (Wildman–Crippen LogP) is 0.451. The molecule has 0 aliphatic rings. The molecule has 0 bridgehead atoms. The number of aromatic hydroxyl groups is 2. The molecule has 0 unspecified atom stereocenters. The monoisotopic (exact) mass is 193 g/mol. The summed E-state index contributed by atoms with van der Waals surface area (Å²) in [6.45, 7) is 3.37. The van der Waals surface area contributed by atoms with E-state index < -0.39 is 0 Å². The molecule has 0 aromatic heterocycles. The normalized spacial score (nSPS) is 10.3. The van der Waals surface area contributed by atoms with E-state index >= 15 is 0 Å². The van der Waals surface area contributed by atoms with Gasteiger partial charge in [0.15, 0.2) is 0 Å². The van der Waals surface area contributed by atoms with Crippen molar-refractivity contribution in [3.63, 3.8) is 0 Å². The predicted molar refractivity (Wildman–Crippen MR) is 53.8 cm³/mol. The lowest BCUT2D eigenvalue weighted by Crippen LogP contribution is -2.12. The second kappa shape index (κ2) is 4.18. The first kappa shape index (κ1) is 9.91. The van der Waals surface area contributed by atoms with Gasteiger partial charge in [0, 0.05) is 5.56 Å². The molecule has 1 rings (SSSR count). The first-order valence-electron chi connectivity index (χ1n) is 3.85. The van der Waals surface area contributed by atoms with Crippen molar-refractivity contribution in [2.24, 2.45) is 10.8 Å². The van der Waals surface area contributed by atoms with Crippen LogP contribution in [0, 0.1) is 0 Å². The molecule has 0 atom stereocenters. The highest BCUT2D eigenvalue weighted by atomic mass is 16.3. The van der Waals surface area contributed by atoms with Crippen LogP contribution in [0.5, 0.6) is 11.5 Å². The maximum atomic E-state index is 9.32. The molecule has 0 radical (unpaired) electrons. The van der Waals surface area contributed by atoms with E-state index in [1.807, 2.05) is 0 Å². The average Bonchev–Trinajstić information content (AvgIpc) is 2.10. The zero-order valence-corrected chi connectivity index (χ0v) is 7.44. The second-order valence-corrected chi connectivity index (χ2v) is 2.64. The Bertz CT molecular complexity index is 374. The van der Waals surface area contributed by atoms with Gasteiger partial charge in [-0.3, -0.25) is 5.43 Å². The number of phenols is 2. The minimum atomic E-state index is 0.0241. The molecule has 0 saturated carbocycles. The Hall–Kier alpha value is -2.17. The number of hydrazone groups is 1. The van der Waals surface area contributed by atoms with Crippen molar-refractivity contribution in [3.8, 4) is 11.5 Å².